The van der Waals surface area contributed by atoms with E-state index in [2.05, 4.69) is 0 Å². The molecule has 3 rings (SSSR count). The van der Waals surface area contributed by atoms with E-state index < -0.39 is 27.5 Å². The Kier molecular flexibility index (Phi) is 4.95. The number of benzene rings is 2. The summed E-state index contributed by atoms with van der Waals surface area (Å²) in [6.07, 6.45) is 0. The molecular weight excluding hydrogens is 377 g/mol. The van der Waals surface area contributed by atoms with Gasteiger partial charge in [0.15, 0.2) is 17.5 Å². The zero-order valence-corrected chi connectivity index (χ0v) is 14.5. The predicted molar refractivity (Wildman–Crippen MR) is 88.7 cm³/mol. The lowest BCUT2D eigenvalue weighted by Gasteiger charge is -2.35. The molecule has 1 fully saturated rings. The largest absolute Gasteiger partial charge is 0.366 e. The highest BCUT2D eigenvalue weighted by Gasteiger charge is 2.31. The topological polar surface area (TPSA) is 40.6 Å². The fourth-order valence-electron chi connectivity index (χ4n) is 2.72. The molecule has 0 amide bonds. The Hall–Kier alpha value is -1.77. The average Bonchev–Trinajstić information content (AvgIpc) is 2.60. The molecule has 1 aliphatic heterocycles. The molecule has 2 aromatic carbocycles. The number of rotatable bonds is 3. The number of piperazine rings is 1. The van der Waals surface area contributed by atoms with Gasteiger partial charge in [0, 0.05) is 26.2 Å². The summed E-state index contributed by atoms with van der Waals surface area (Å²) in [6.45, 7) is 0.440. The zero-order chi connectivity index (χ0) is 18.2. The molecule has 1 heterocycles. The van der Waals surface area contributed by atoms with Crippen LogP contribution in [-0.4, -0.2) is 38.9 Å². The van der Waals surface area contributed by atoms with Crippen molar-refractivity contribution in [3.63, 3.8) is 0 Å². The van der Waals surface area contributed by atoms with Crippen LogP contribution in [-0.2, 0) is 10.0 Å². The maximum absolute atomic E-state index is 13.9. The van der Waals surface area contributed by atoms with Gasteiger partial charge in [-0.2, -0.15) is 4.31 Å². The van der Waals surface area contributed by atoms with Crippen LogP contribution in [0.15, 0.2) is 41.3 Å². The Morgan fingerprint density at radius 3 is 2.16 bits per heavy atom. The monoisotopic (exact) mass is 390 g/mol. The first-order valence-corrected chi connectivity index (χ1v) is 9.27. The number of hydrogen-bond acceptors (Lipinski definition) is 3. The molecule has 4 nitrogen and oxygen atoms in total. The molecule has 2 aromatic rings. The molecule has 0 N–H and O–H groups in total. The lowest BCUT2D eigenvalue weighted by molar-refractivity contribution is 0.380. The van der Waals surface area contributed by atoms with Crippen molar-refractivity contribution in [2.45, 2.75) is 4.90 Å². The van der Waals surface area contributed by atoms with E-state index in [0.717, 1.165) is 12.1 Å². The van der Waals surface area contributed by atoms with Crippen molar-refractivity contribution < 1.29 is 21.6 Å². The standard InChI is InChI=1S/C16H14ClF3N2O2S/c17-11-3-1-2-4-14(11)25(23,24)22-9-7-21(8-10-22)13-6-5-12(18)15(19)16(13)20/h1-6H,7-10H2. The first-order chi connectivity index (χ1) is 11.8. The molecule has 134 valence electrons. The summed E-state index contributed by atoms with van der Waals surface area (Å²) in [7, 11) is -3.78. The summed E-state index contributed by atoms with van der Waals surface area (Å²) in [6, 6.07) is 8.10. The van der Waals surface area contributed by atoms with Crippen LogP contribution in [0.5, 0.6) is 0 Å². The highest BCUT2D eigenvalue weighted by atomic mass is 35.5. The van der Waals surface area contributed by atoms with Crippen LogP contribution >= 0.6 is 11.6 Å². The Morgan fingerprint density at radius 2 is 1.52 bits per heavy atom. The molecule has 0 spiro atoms. The van der Waals surface area contributed by atoms with Crippen LogP contribution in [0.3, 0.4) is 0 Å². The van der Waals surface area contributed by atoms with Gasteiger partial charge in [-0.25, -0.2) is 21.6 Å². The van der Waals surface area contributed by atoms with Gasteiger partial charge in [0.05, 0.1) is 10.7 Å². The van der Waals surface area contributed by atoms with Gasteiger partial charge in [-0.05, 0) is 24.3 Å². The number of sulfonamides is 1. The average molecular weight is 391 g/mol. The summed E-state index contributed by atoms with van der Waals surface area (Å²) >= 11 is 5.96. The van der Waals surface area contributed by atoms with Gasteiger partial charge in [-0.15, -0.1) is 0 Å². The van der Waals surface area contributed by atoms with Crippen LogP contribution in [0.4, 0.5) is 18.9 Å². The molecule has 0 aliphatic carbocycles. The second-order valence-electron chi connectivity index (χ2n) is 5.52. The fraction of sp³-hybridized carbons (Fsp3) is 0.250. The van der Waals surface area contributed by atoms with Crippen molar-refractivity contribution in [1.29, 1.82) is 0 Å². The molecule has 25 heavy (non-hydrogen) atoms. The quantitative estimate of drug-likeness (QED) is 0.755. The first-order valence-electron chi connectivity index (χ1n) is 7.45. The SMILES string of the molecule is O=S(=O)(c1ccccc1Cl)N1CCN(c2ccc(F)c(F)c2F)CC1. The zero-order valence-electron chi connectivity index (χ0n) is 12.9. The number of anilines is 1. The normalized spacial score (nSPS) is 16.2. The van der Waals surface area contributed by atoms with E-state index in [1.807, 2.05) is 0 Å². The van der Waals surface area contributed by atoms with E-state index in [9.17, 15) is 21.6 Å². The third-order valence-corrected chi connectivity index (χ3v) is 6.45. The van der Waals surface area contributed by atoms with E-state index >= 15 is 0 Å². The minimum atomic E-state index is -3.78. The minimum absolute atomic E-state index is 0.00382. The van der Waals surface area contributed by atoms with E-state index in [0.29, 0.717) is 0 Å². The minimum Gasteiger partial charge on any atom is -0.366 e. The van der Waals surface area contributed by atoms with Gasteiger partial charge >= 0.3 is 0 Å². The predicted octanol–water partition coefficient (Wildman–Crippen LogP) is 3.27. The maximum atomic E-state index is 13.9. The van der Waals surface area contributed by atoms with Crippen LogP contribution in [0.2, 0.25) is 5.02 Å². The summed E-state index contributed by atoms with van der Waals surface area (Å²) in [5.41, 5.74) is -0.0892. The lowest BCUT2D eigenvalue weighted by atomic mass is 10.2. The molecule has 9 heteroatoms. The van der Waals surface area contributed by atoms with Crippen LogP contribution in [0, 0.1) is 17.5 Å². The van der Waals surface area contributed by atoms with Crippen LogP contribution in [0.25, 0.3) is 0 Å². The van der Waals surface area contributed by atoms with Gasteiger partial charge in [-0.1, -0.05) is 23.7 Å². The maximum Gasteiger partial charge on any atom is 0.244 e. The lowest BCUT2D eigenvalue weighted by Crippen LogP contribution is -2.49. The van der Waals surface area contributed by atoms with Gasteiger partial charge in [-0.3, -0.25) is 0 Å². The first kappa shape index (κ1) is 18.0. The molecule has 0 saturated carbocycles. The third kappa shape index (κ3) is 3.33. The molecule has 0 atom stereocenters. The Labute approximate surface area is 148 Å². The number of nitrogens with zero attached hydrogens (tertiary/aromatic N) is 2. The number of halogens is 4. The van der Waals surface area contributed by atoms with Crippen LogP contribution in [0.1, 0.15) is 0 Å². The van der Waals surface area contributed by atoms with Gasteiger partial charge < -0.3 is 4.90 Å². The molecule has 1 saturated heterocycles. The third-order valence-electron chi connectivity index (χ3n) is 4.05. The van der Waals surface area contributed by atoms with E-state index in [4.69, 9.17) is 11.6 Å². The molecule has 0 aromatic heterocycles. The van der Waals surface area contributed by atoms with Crippen molar-refractivity contribution in [2.24, 2.45) is 0 Å². The van der Waals surface area contributed by atoms with Gasteiger partial charge in [0.1, 0.15) is 4.90 Å². The van der Waals surface area contributed by atoms with Crippen molar-refractivity contribution >= 4 is 27.3 Å². The Morgan fingerprint density at radius 1 is 0.880 bits per heavy atom. The Bertz CT molecular complexity index is 900. The number of hydrogen-bond donors (Lipinski definition) is 0. The smallest absolute Gasteiger partial charge is 0.244 e. The van der Waals surface area contributed by atoms with E-state index in [1.165, 1.54) is 21.3 Å². The molecule has 0 radical (unpaired) electrons. The summed E-state index contributed by atoms with van der Waals surface area (Å²) in [4.78, 5) is 1.49. The van der Waals surface area contributed by atoms with Crippen molar-refractivity contribution in [3.05, 3.63) is 58.9 Å². The molecular formula is C16H14ClF3N2O2S. The Balaban J connectivity index is 1.79. The summed E-state index contributed by atoms with van der Waals surface area (Å²) < 4.78 is 66.9. The summed E-state index contributed by atoms with van der Waals surface area (Å²) in [5.74, 6) is -4.08. The molecule has 0 unspecified atom stereocenters. The van der Waals surface area contributed by atoms with E-state index in [1.54, 1.807) is 12.1 Å². The summed E-state index contributed by atoms with van der Waals surface area (Å²) in [5, 5.41) is 0.122. The van der Waals surface area contributed by atoms with Gasteiger partial charge in [0.2, 0.25) is 10.0 Å². The second-order valence-corrected chi connectivity index (χ2v) is 7.83. The highest BCUT2D eigenvalue weighted by molar-refractivity contribution is 7.89. The second kappa shape index (κ2) is 6.86. The molecule has 1 aliphatic rings. The van der Waals surface area contributed by atoms with Crippen molar-refractivity contribution in [3.8, 4) is 0 Å². The van der Waals surface area contributed by atoms with Crippen molar-refractivity contribution in [2.75, 3.05) is 31.1 Å². The van der Waals surface area contributed by atoms with Gasteiger partial charge in [0.25, 0.3) is 0 Å². The fourth-order valence-corrected chi connectivity index (χ4v) is 4.64. The van der Waals surface area contributed by atoms with Crippen LogP contribution < -0.4 is 4.90 Å². The van der Waals surface area contributed by atoms with E-state index in [-0.39, 0.29) is 41.8 Å². The molecule has 0 bridgehead atoms. The van der Waals surface area contributed by atoms with Crippen molar-refractivity contribution in [1.82, 2.24) is 4.31 Å². The highest BCUT2D eigenvalue weighted by Crippen LogP contribution is 2.28.